The molecule has 0 bridgehead atoms. The van der Waals surface area contributed by atoms with Gasteiger partial charge in [-0.15, -0.1) is 0 Å². The number of hydrogen-bond donors (Lipinski definition) is 4. The van der Waals surface area contributed by atoms with Gasteiger partial charge in [-0.2, -0.15) is 0 Å². The van der Waals surface area contributed by atoms with Gasteiger partial charge in [-0.1, -0.05) is 30.3 Å². The third kappa shape index (κ3) is 3.66. The summed E-state index contributed by atoms with van der Waals surface area (Å²) in [5.74, 6) is 7.26. The van der Waals surface area contributed by atoms with Gasteiger partial charge in [-0.05, 0) is 13.3 Å². The van der Waals surface area contributed by atoms with Crippen LogP contribution in [0.1, 0.15) is 13.3 Å². The fourth-order valence-corrected chi connectivity index (χ4v) is 1.83. The van der Waals surface area contributed by atoms with Gasteiger partial charge in [0, 0.05) is 24.3 Å². The highest BCUT2D eigenvalue weighted by atomic mass is 16.3. The second-order valence-corrected chi connectivity index (χ2v) is 4.53. The molecule has 0 aliphatic heterocycles. The first kappa shape index (κ1) is 14.2. The lowest BCUT2D eigenvalue weighted by atomic mass is 10.2. The molecule has 2 rings (SSSR count). The number of hydrazine groups is 1. The lowest BCUT2D eigenvalue weighted by Gasteiger charge is -2.14. The van der Waals surface area contributed by atoms with E-state index in [1.165, 1.54) is 0 Å². The Morgan fingerprint density at radius 3 is 2.55 bits per heavy atom. The zero-order valence-corrected chi connectivity index (χ0v) is 11.4. The third-order valence-corrected chi connectivity index (χ3v) is 2.86. The molecular weight excluding hydrogens is 254 g/mol. The van der Waals surface area contributed by atoms with Gasteiger partial charge in [0.15, 0.2) is 5.82 Å². The molecule has 6 heteroatoms. The molecule has 1 aromatic heterocycles. The first-order chi connectivity index (χ1) is 9.72. The molecule has 1 unspecified atom stereocenters. The van der Waals surface area contributed by atoms with E-state index in [1.54, 1.807) is 6.07 Å². The lowest BCUT2D eigenvalue weighted by Crippen LogP contribution is -2.18. The molecule has 106 valence electrons. The SMILES string of the molecule is CC(CCO)Nc1cc(NN)nc(-c2ccccc2)n1. The van der Waals surface area contributed by atoms with Crippen LogP contribution in [0.3, 0.4) is 0 Å². The van der Waals surface area contributed by atoms with E-state index in [0.717, 1.165) is 5.56 Å². The van der Waals surface area contributed by atoms with Crippen molar-refractivity contribution >= 4 is 11.6 Å². The van der Waals surface area contributed by atoms with Gasteiger partial charge >= 0.3 is 0 Å². The monoisotopic (exact) mass is 273 g/mol. The van der Waals surface area contributed by atoms with Gasteiger partial charge in [0.1, 0.15) is 11.6 Å². The molecule has 0 spiro atoms. The van der Waals surface area contributed by atoms with Crippen LogP contribution in [0.2, 0.25) is 0 Å². The second-order valence-electron chi connectivity index (χ2n) is 4.53. The summed E-state index contributed by atoms with van der Waals surface area (Å²) < 4.78 is 0. The van der Waals surface area contributed by atoms with Crippen LogP contribution in [-0.2, 0) is 0 Å². The van der Waals surface area contributed by atoms with Gasteiger partial charge in [0.05, 0.1) is 0 Å². The van der Waals surface area contributed by atoms with Crippen LogP contribution in [0.4, 0.5) is 11.6 Å². The third-order valence-electron chi connectivity index (χ3n) is 2.86. The van der Waals surface area contributed by atoms with Gasteiger partial charge in [0.2, 0.25) is 0 Å². The van der Waals surface area contributed by atoms with Crippen LogP contribution in [0, 0.1) is 0 Å². The quantitative estimate of drug-likeness (QED) is 0.472. The maximum Gasteiger partial charge on any atom is 0.163 e. The Morgan fingerprint density at radius 2 is 1.90 bits per heavy atom. The van der Waals surface area contributed by atoms with Crippen LogP contribution in [0.25, 0.3) is 11.4 Å². The number of nitrogens with one attached hydrogen (secondary N) is 2. The Kier molecular flexibility index (Phi) is 4.86. The summed E-state index contributed by atoms with van der Waals surface area (Å²) in [6.07, 6.45) is 0.649. The zero-order chi connectivity index (χ0) is 14.4. The van der Waals surface area contributed by atoms with E-state index in [0.29, 0.717) is 23.9 Å². The molecule has 5 N–H and O–H groups in total. The van der Waals surface area contributed by atoms with Gasteiger partial charge in [0.25, 0.3) is 0 Å². The number of nitrogens with zero attached hydrogens (tertiary/aromatic N) is 2. The first-order valence-electron chi connectivity index (χ1n) is 6.51. The summed E-state index contributed by atoms with van der Waals surface area (Å²) in [4.78, 5) is 8.81. The summed E-state index contributed by atoms with van der Waals surface area (Å²) >= 11 is 0. The van der Waals surface area contributed by atoms with Crippen LogP contribution >= 0.6 is 0 Å². The molecule has 0 radical (unpaired) electrons. The van der Waals surface area contributed by atoms with E-state index in [4.69, 9.17) is 10.9 Å². The van der Waals surface area contributed by atoms with Crippen molar-refractivity contribution in [3.8, 4) is 11.4 Å². The fourth-order valence-electron chi connectivity index (χ4n) is 1.83. The summed E-state index contributed by atoms with van der Waals surface area (Å²) in [6, 6.07) is 11.5. The predicted octanol–water partition coefficient (Wildman–Crippen LogP) is 1.61. The number of benzene rings is 1. The van der Waals surface area contributed by atoms with E-state index >= 15 is 0 Å². The van der Waals surface area contributed by atoms with Crippen molar-refractivity contribution in [3.63, 3.8) is 0 Å². The molecule has 0 aliphatic carbocycles. The Morgan fingerprint density at radius 1 is 1.20 bits per heavy atom. The molecule has 1 atom stereocenters. The van der Waals surface area contributed by atoms with Gasteiger partial charge < -0.3 is 15.8 Å². The molecule has 0 aliphatic rings. The summed E-state index contributed by atoms with van der Waals surface area (Å²) in [6.45, 7) is 2.11. The van der Waals surface area contributed by atoms with E-state index < -0.39 is 0 Å². The highest BCUT2D eigenvalue weighted by Crippen LogP contribution is 2.20. The minimum Gasteiger partial charge on any atom is -0.396 e. The molecule has 6 nitrogen and oxygen atoms in total. The van der Waals surface area contributed by atoms with Crippen molar-refractivity contribution in [3.05, 3.63) is 36.4 Å². The van der Waals surface area contributed by atoms with Crippen LogP contribution < -0.4 is 16.6 Å². The van der Waals surface area contributed by atoms with Crippen LogP contribution in [0.15, 0.2) is 36.4 Å². The number of rotatable bonds is 6. The van der Waals surface area contributed by atoms with Crippen molar-refractivity contribution in [1.82, 2.24) is 9.97 Å². The number of hydrogen-bond acceptors (Lipinski definition) is 6. The highest BCUT2D eigenvalue weighted by molar-refractivity contribution is 5.61. The maximum atomic E-state index is 8.94. The van der Waals surface area contributed by atoms with Crippen LogP contribution in [-0.4, -0.2) is 27.7 Å². The van der Waals surface area contributed by atoms with E-state index in [-0.39, 0.29) is 12.6 Å². The van der Waals surface area contributed by atoms with Crippen molar-refractivity contribution in [2.75, 3.05) is 17.3 Å². The minimum atomic E-state index is 0.115. The van der Waals surface area contributed by atoms with E-state index in [2.05, 4.69) is 20.7 Å². The fraction of sp³-hybridized carbons (Fsp3) is 0.286. The lowest BCUT2D eigenvalue weighted by molar-refractivity contribution is 0.282. The van der Waals surface area contributed by atoms with Crippen molar-refractivity contribution < 1.29 is 5.11 Å². The minimum absolute atomic E-state index is 0.115. The summed E-state index contributed by atoms with van der Waals surface area (Å²) in [7, 11) is 0. The molecule has 0 saturated heterocycles. The topological polar surface area (TPSA) is 96.1 Å². The largest absolute Gasteiger partial charge is 0.396 e. The number of nitrogens with two attached hydrogens (primary N) is 1. The zero-order valence-electron chi connectivity index (χ0n) is 11.4. The van der Waals surface area contributed by atoms with Crippen molar-refractivity contribution in [2.24, 2.45) is 5.84 Å². The average molecular weight is 273 g/mol. The Hall–Kier alpha value is -2.18. The van der Waals surface area contributed by atoms with Gasteiger partial charge in [-0.3, -0.25) is 0 Å². The molecule has 1 heterocycles. The highest BCUT2D eigenvalue weighted by Gasteiger charge is 2.08. The molecule has 1 aromatic carbocycles. The molecule has 0 amide bonds. The van der Waals surface area contributed by atoms with Crippen LogP contribution in [0.5, 0.6) is 0 Å². The molecular formula is C14H19N5O. The van der Waals surface area contributed by atoms with Crippen molar-refractivity contribution in [2.45, 2.75) is 19.4 Å². The van der Waals surface area contributed by atoms with Gasteiger partial charge in [-0.25, -0.2) is 15.8 Å². The standard InChI is InChI=1S/C14H19N5O/c1-10(7-8-20)16-12-9-13(19-15)18-14(17-12)11-5-3-2-4-6-11/h2-6,9-10,20H,7-8,15H2,1H3,(H2,16,17,18,19). The molecule has 2 aromatic rings. The number of aromatic nitrogens is 2. The Balaban J connectivity index is 2.29. The Bertz CT molecular complexity index is 547. The van der Waals surface area contributed by atoms with E-state index in [1.807, 2.05) is 37.3 Å². The molecule has 20 heavy (non-hydrogen) atoms. The number of aliphatic hydroxyl groups is 1. The molecule has 0 saturated carbocycles. The Labute approximate surface area is 118 Å². The summed E-state index contributed by atoms with van der Waals surface area (Å²) in [5, 5.41) is 12.2. The maximum absolute atomic E-state index is 8.94. The predicted molar refractivity (Wildman–Crippen MR) is 80.1 cm³/mol. The number of anilines is 2. The smallest absolute Gasteiger partial charge is 0.163 e. The number of nitrogen functional groups attached to an aromatic ring is 1. The number of aliphatic hydroxyl groups excluding tert-OH is 1. The first-order valence-corrected chi connectivity index (χ1v) is 6.51. The average Bonchev–Trinajstić information content (AvgIpc) is 2.48. The van der Waals surface area contributed by atoms with E-state index in [9.17, 15) is 0 Å². The summed E-state index contributed by atoms with van der Waals surface area (Å²) in [5.41, 5.74) is 3.46. The second kappa shape index (κ2) is 6.83. The molecule has 0 fully saturated rings. The normalized spacial score (nSPS) is 11.9. The van der Waals surface area contributed by atoms with Crippen molar-refractivity contribution in [1.29, 1.82) is 0 Å².